The first-order valence-electron chi connectivity index (χ1n) is 11.9. The van der Waals surface area contributed by atoms with Gasteiger partial charge in [0.05, 0.1) is 29.0 Å². The van der Waals surface area contributed by atoms with E-state index in [1.165, 1.54) is 12.3 Å². The van der Waals surface area contributed by atoms with Gasteiger partial charge in [-0.1, -0.05) is 0 Å². The van der Waals surface area contributed by atoms with Crippen LogP contribution in [0.3, 0.4) is 0 Å². The van der Waals surface area contributed by atoms with Crippen LogP contribution in [0.15, 0.2) is 30.5 Å². The maximum Gasteiger partial charge on any atom is 0.248 e. The van der Waals surface area contributed by atoms with Crippen molar-refractivity contribution in [3.63, 3.8) is 0 Å². The van der Waals surface area contributed by atoms with Gasteiger partial charge >= 0.3 is 0 Å². The maximum atomic E-state index is 14.8. The van der Waals surface area contributed by atoms with E-state index in [9.17, 15) is 22.4 Å². The molecule has 4 fully saturated rings. The highest BCUT2D eigenvalue weighted by atomic mass is 19.3. The summed E-state index contributed by atoms with van der Waals surface area (Å²) in [6.45, 7) is 2.35. The molecular weight excluding hydrogens is 448 g/mol. The van der Waals surface area contributed by atoms with E-state index >= 15 is 0 Å². The highest BCUT2D eigenvalue weighted by Crippen LogP contribution is 2.50. The first-order valence-corrected chi connectivity index (χ1v) is 11.9. The second kappa shape index (κ2) is 8.33. The number of benzene rings is 1. The van der Waals surface area contributed by atoms with Gasteiger partial charge in [0.15, 0.2) is 0 Å². The van der Waals surface area contributed by atoms with E-state index in [2.05, 4.69) is 17.2 Å². The van der Waals surface area contributed by atoms with Crippen molar-refractivity contribution in [2.75, 3.05) is 11.9 Å². The Hall–Kier alpha value is -2.48. The van der Waals surface area contributed by atoms with Crippen molar-refractivity contribution < 1.29 is 27.1 Å². The second-order valence-electron chi connectivity index (χ2n) is 10.3. The zero-order valence-corrected chi connectivity index (χ0v) is 19.1. The molecule has 0 unspecified atom stereocenters. The Balaban J connectivity index is 1.54. The lowest BCUT2D eigenvalue weighted by molar-refractivity contribution is -0.180. The van der Waals surface area contributed by atoms with Crippen LogP contribution in [0.5, 0.6) is 0 Å². The summed E-state index contributed by atoms with van der Waals surface area (Å²) in [5.41, 5.74) is 0.0989. The molecule has 4 aliphatic rings. The second-order valence-corrected chi connectivity index (χ2v) is 10.3. The molecule has 1 aromatic carbocycles. The van der Waals surface area contributed by atoms with Crippen LogP contribution in [0, 0.1) is 17.0 Å². The first kappa shape index (κ1) is 23.3. The molecule has 2 aliphatic carbocycles. The topological polar surface area (TPSA) is 51.2 Å². The molecule has 2 aromatic rings. The number of rotatable bonds is 4. The van der Waals surface area contributed by atoms with Gasteiger partial charge in [-0.2, -0.15) is 0 Å². The van der Waals surface area contributed by atoms with Crippen molar-refractivity contribution in [2.45, 2.75) is 75.7 Å². The first-order chi connectivity index (χ1) is 16.1. The monoisotopic (exact) mass is 476 g/mol. The molecule has 3 heterocycles. The van der Waals surface area contributed by atoms with Gasteiger partial charge in [0.25, 0.3) is 0 Å². The van der Waals surface area contributed by atoms with E-state index in [0.29, 0.717) is 30.7 Å². The SMILES string of the molecule is CC12CCC(C(=O)Nc3c(-c4cc(F)ccc4F)ccnc3C3CCC(F)(F)CC3)(CC1)CO2. The molecule has 1 amide bonds. The fourth-order valence-corrected chi connectivity index (χ4v) is 5.56. The molecule has 1 N–H and O–H groups in total. The Kier molecular flexibility index (Phi) is 5.70. The Labute approximate surface area is 196 Å². The average molecular weight is 477 g/mol. The normalized spacial score (nSPS) is 28.6. The highest BCUT2D eigenvalue weighted by Gasteiger charge is 2.52. The van der Waals surface area contributed by atoms with Crippen molar-refractivity contribution in [2.24, 2.45) is 5.41 Å². The predicted octanol–water partition coefficient (Wildman–Crippen LogP) is 6.61. The summed E-state index contributed by atoms with van der Waals surface area (Å²) in [6, 6.07) is 4.67. The lowest BCUT2D eigenvalue weighted by Crippen LogP contribution is -2.54. The van der Waals surface area contributed by atoms with Gasteiger partial charge in [-0.05, 0) is 69.7 Å². The number of alkyl halides is 2. The summed E-state index contributed by atoms with van der Waals surface area (Å²) in [6.07, 6.45) is 4.19. The molecule has 1 aromatic heterocycles. The summed E-state index contributed by atoms with van der Waals surface area (Å²) < 4.78 is 62.4. The summed E-state index contributed by atoms with van der Waals surface area (Å²) in [7, 11) is 0. The lowest BCUT2D eigenvalue weighted by atomic mass is 9.66. The highest BCUT2D eigenvalue weighted by molar-refractivity contribution is 6.00. The number of hydrogen-bond donors (Lipinski definition) is 1. The number of anilines is 1. The maximum absolute atomic E-state index is 14.8. The number of nitrogens with zero attached hydrogens (tertiary/aromatic N) is 1. The molecule has 182 valence electrons. The molecule has 0 atom stereocenters. The van der Waals surface area contributed by atoms with Crippen LogP contribution >= 0.6 is 0 Å². The quantitative estimate of drug-likeness (QED) is 0.506. The third-order valence-corrected chi connectivity index (χ3v) is 7.98. The van der Waals surface area contributed by atoms with Crippen LogP contribution in [-0.2, 0) is 9.53 Å². The molecule has 2 bridgehead atoms. The van der Waals surface area contributed by atoms with E-state index < -0.39 is 23.0 Å². The van der Waals surface area contributed by atoms with Crippen molar-refractivity contribution >= 4 is 11.6 Å². The molecule has 0 spiro atoms. The van der Waals surface area contributed by atoms with Gasteiger partial charge in [-0.25, -0.2) is 17.6 Å². The van der Waals surface area contributed by atoms with Gasteiger partial charge in [-0.3, -0.25) is 9.78 Å². The van der Waals surface area contributed by atoms with Gasteiger partial charge in [0, 0.05) is 36.1 Å². The van der Waals surface area contributed by atoms with Crippen LogP contribution < -0.4 is 5.32 Å². The van der Waals surface area contributed by atoms with E-state index in [-0.39, 0.29) is 54.4 Å². The molecule has 2 saturated carbocycles. The van der Waals surface area contributed by atoms with Crippen LogP contribution in [0.1, 0.15) is 69.9 Å². The van der Waals surface area contributed by atoms with Crippen LogP contribution in [0.2, 0.25) is 0 Å². The fourth-order valence-electron chi connectivity index (χ4n) is 5.56. The van der Waals surface area contributed by atoms with Crippen LogP contribution in [0.25, 0.3) is 11.1 Å². The summed E-state index contributed by atoms with van der Waals surface area (Å²) >= 11 is 0. The largest absolute Gasteiger partial charge is 0.374 e. The van der Waals surface area contributed by atoms with Crippen molar-refractivity contribution in [3.8, 4) is 11.1 Å². The number of fused-ring (bicyclic) bond motifs is 3. The minimum absolute atomic E-state index is 0.00583. The Morgan fingerprint density at radius 1 is 1.03 bits per heavy atom. The van der Waals surface area contributed by atoms with E-state index in [1.807, 2.05) is 0 Å². The summed E-state index contributed by atoms with van der Waals surface area (Å²) in [4.78, 5) is 18.1. The number of nitrogens with one attached hydrogen (secondary N) is 1. The van der Waals surface area contributed by atoms with Crippen molar-refractivity contribution in [3.05, 3.63) is 47.8 Å². The molecule has 2 saturated heterocycles. The van der Waals surface area contributed by atoms with Crippen molar-refractivity contribution in [1.29, 1.82) is 0 Å². The number of aromatic nitrogens is 1. The van der Waals surface area contributed by atoms with Crippen molar-refractivity contribution in [1.82, 2.24) is 4.98 Å². The minimum atomic E-state index is -2.72. The molecule has 6 rings (SSSR count). The lowest BCUT2D eigenvalue weighted by Gasteiger charge is -2.50. The van der Waals surface area contributed by atoms with Crippen LogP contribution in [-0.4, -0.2) is 29.0 Å². The van der Waals surface area contributed by atoms with E-state index in [4.69, 9.17) is 4.74 Å². The van der Waals surface area contributed by atoms with Gasteiger partial charge in [-0.15, -0.1) is 0 Å². The molecule has 2 aliphatic heterocycles. The number of carbonyl (C=O) groups excluding carboxylic acids is 1. The molecule has 0 radical (unpaired) electrons. The van der Waals surface area contributed by atoms with Crippen LogP contribution in [0.4, 0.5) is 23.2 Å². The summed E-state index contributed by atoms with van der Waals surface area (Å²) in [5.74, 6) is -4.55. The molecule has 34 heavy (non-hydrogen) atoms. The average Bonchev–Trinajstić information content (AvgIpc) is 2.82. The Bertz CT molecular complexity index is 1090. The number of ether oxygens (including phenoxy) is 1. The molecule has 8 heteroatoms. The van der Waals surface area contributed by atoms with Gasteiger partial charge in [0.1, 0.15) is 11.6 Å². The number of hydrogen-bond acceptors (Lipinski definition) is 3. The Morgan fingerprint density at radius 3 is 2.38 bits per heavy atom. The zero-order valence-electron chi connectivity index (χ0n) is 19.1. The summed E-state index contributed by atoms with van der Waals surface area (Å²) in [5, 5.41) is 2.98. The third kappa shape index (κ3) is 4.21. The fraction of sp³-hybridized carbons (Fsp3) is 0.538. The number of halogens is 4. The predicted molar refractivity (Wildman–Crippen MR) is 120 cm³/mol. The molecule has 4 nitrogen and oxygen atoms in total. The number of amides is 1. The Morgan fingerprint density at radius 2 is 1.74 bits per heavy atom. The number of pyridine rings is 1. The van der Waals surface area contributed by atoms with Gasteiger partial charge in [0.2, 0.25) is 11.8 Å². The standard InChI is InChI=1S/C26H28F4N2O2/c1-24-9-11-25(12-10-24,15-34-24)23(33)32-22-18(19-14-17(27)2-3-20(19)28)6-13-31-21(22)16-4-7-26(29,30)8-5-16/h2-3,6,13-14,16H,4-5,7-12,15H2,1H3,(H,32,33). The zero-order chi connectivity index (χ0) is 24.1. The third-order valence-electron chi connectivity index (χ3n) is 7.98. The van der Waals surface area contributed by atoms with E-state index in [1.54, 1.807) is 0 Å². The smallest absolute Gasteiger partial charge is 0.248 e. The molecular formula is C26H28F4N2O2. The minimum Gasteiger partial charge on any atom is -0.374 e. The van der Waals surface area contributed by atoms with E-state index in [0.717, 1.165) is 31.0 Å². The van der Waals surface area contributed by atoms with Gasteiger partial charge < -0.3 is 10.1 Å². The number of carbonyl (C=O) groups is 1.